The monoisotopic (exact) mass is 407 g/mol. The zero-order chi connectivity index (χ0) is 19.4. The number of ether oxygens (including phenoxy) is 1. The molecule has 3 rings (SSSR count). The molecule has 1 atom stereocenters. The van der Waals surface area contributed by atoms with E-state index in [1.54, 1.807) is 4.90 Å². The van der Waals surface area contributed by atoms with Crippen molar-refractivity contribution in [2.45, 2.75) is 19.4 Å². The Morgan fingerprint density at radius 2 is 2.14 bits per heavy atom. The van der Waals surface area contributed by atoms with E-state index in [9.17, 15) is 9.59 Å². The fourth-order valence-electron chi connectivity index (χ4n) is 2.92. The summed E-state index contributed by atoms with van der Waals surface area (Å²) in [6.45, 7) is 0.950. The average molecular weight is 408 g/mol. The first-order valence-electron chi connectivity index (χ1n) is 8.51. The maximum Gasteiger partial charge on any atom is 0.308 e. The molecule has 0 aliphatic carbocycles. The summed E-state index contributed by atoms with van der Waals surface area (Å²) in [7, 11) is 0. The molecule has 1 amide bonds. The number of halogens is 1. The number of nitrogen functional groups attached to an aromatic ring is 2. The normalized spacial score (nSPS) is 15.9. The Morgan fingerprint density at radius 1 is 1.36 bits per heavy atom. The summed E-state index contributed by atoms with van der Waals surface area (Å²) in [5.41, 5.74) is 12.9. The van der Waals surface area contributed by atoms with Crippen molar-refractivity contribution >= 4 is 36.0 Å². The highest BCUT2D eigenvalue weighted by Gasteiger charge is 2.33. The molecule has 2 aromatic rings. The van der Waals surface area contributed by atoms with Crippen molar-refractivity contribution in [3.63, 3.8) is 0 Å². The number of aliphatic carboxylic acids is 1. The van der Waals surface area contributed by atoms with Gasteiger partial charge >= 0.3 is 5.97 Å². The number of carboxylic acid groups (broad SMARTS) is 1. The number of rotatable bonds is 7. The van der Waals surface area contributed by atoms with E-state index in [0.717, 1.165) is 5.56 Å². The Bertz CT molecular complexity index is 864. The molecule has 1 aromatic carbocycles. The molecule has 0 bridgehead atoms. The number of carboxylic acids is 1. The van der Waals surface area contributed by atoms with E-state index < -0.39 is 11.9 Å². The van der Waals surface area contributed by atoms with Crippen LogP contribution in [-0.2, 0) is 22.6 Å². The van der Waals surface area contributed by atoms with E-state index in [0.29, 0.717) is 24.3 Å². The van der Waals surface area contributed by atoms with Crippen LogP contribution in [0.25, 0.3) is 0 Å². The molecule has 150 valence electrons. The SMILES string of the molecule is Cl.Nc1ncc(COc2cccc(CCN3CC(C(=O)O)CC3=O)c2)c(N)n1. The van der Waals surface area contributed by atoms with Gasteiger partial charge in [0, 0.05) is 25.7 Å². The highest BCUT2D eigenvalue weighted by Crippen LogP contribution is 2.20. The van der Waals surface area contributed by atoms with Crippen molar-refractivity contribution in [2.24, 2.45) is 5.92 Å². The minimum absolute atomic E-state index is 0. The van der Waals surface area contributed by atoms with Crippen LogP contribution in [0.4, 0.5) is 11.8 Å². The highest BCUT2D eigenvalue weighted by atomic mass is 35.5. The van der Waals surface area contributed by atoms with Crippen LogP contribution in [0, 0.1) is 5.92 Å². The third kappa shape index (κ3) is 5.23. The maximum absolute atomic E-state index is 11.9. The Morgan fingerprint density at radius 3 is 2.82 bits per heavy atom. The molecule has 28 heavy (non-hydrogen) atoms. The number of hydrogen-bond donors (Lipinski definition) is 3. The number of nitrogens with zero attached hydrogens (tertiary/aromatic N) is 3. The van der Waals surface area contributed by atoms with Gasteiger partial charge in [-0.2, -0.15) is 4.98 Å². The lowest BCUT2D eigenvalue weighted by Crippen LogP contribution is -2.28. The van der Waals surface area contributed by atoms with Gasteiger partial charge in [0.25, 0.3) is 0 Å². The first-order chi connectivity index (χ1) is 12.9. The molecule has 1 aliphatic heterocycles. The van der Waals surface area contributed by atoms with Gasteiger partial charge in [0.05, 0.1) is 11.5 Å². The Hall–Kier alpha value is -3.07. The summed E-state index contributed by atoms with van der Waals surface area (Å²) >= 11 is 0. The molecule has 1 aromatic heterocycles. The number of carbonyl (C=O) groups is 2. The van der Waals surface area contributed by atoms with Gasteiger partial charge in [0.1, 0.15) is 18.2 Å². The second kappa shape index (κ2) is 9.23. The van der Waals surface area contributed by atoms with Crippen LogP contribution >= 0.6 is 12.4 Å². The van der Waals surface area contributed by atoms with Crippen LogP contribution in [0.15, 0.2) is 30.5 Å². The van der Waals surface area contributed by atoms with Crippen molar-refractivity contribution in [1.82, 2.24) is 14.9 Å². The predicted octanol–water partition coefficient (Wildman–Crippen LogP) is 1.12. The third-order valence-electron chi connectivity index (χ3n) is 4.44. The van der Waals surface area contributed by atoms with Crippen LogP contribution < -0.4 is 16.2 Å². The fraction of sp³-hybridized carbons (Fsp3) is 0.333. The Labute approximate surface area is 168 Å². The summed E-state index contributed by atoms with van der Waals surface area (Å²) < 4.78 is 5.74. The van der Waals surface area contributed by atoms with E-state index in [2.05, 4.69) is 9.97 Å². The van der Waals surface area contributed by atoms with Gasteiger partial charge in [-0.15, -0.1) is 12.4 Å². The number of anilines is 2. The highest BCUT2D eigenvalue weighted by molar-refractivity contribution is 5.86. The largest absolute Gasteiger partial charge is 0.489 e. The molecular weight excluding hydrogens is 386 g/mol. The third-order valence-corrected chi connectivity index (χ3v) is 4.44. The zero-order valence-corrected chi connectivity index (χ0v) is 15.9. The molecule has 0 saturated carbocycles. The Balaban J connectivity index is 0.00000280. The number of carbonyl (C=O) groups excluding carboxylic acids is 1. The van der Waals surface area contributed by atoms with Crippen LogP contribution in [0.5, 0.6) is 5.75 Å². The van der Waals surface area contributed by atoms with Crippen LogP contribution in [0.2, 0.25) is 0 Å². The lowest BCUT2D eigenvalue weighted by molar-refractivity contribution is -0.141. The Kier molecular flexibility index (Phi) is 7.00. The van der Waals surface area contributed by atoms with Gasteiger partial charge < -0.3 is 26.2 Å². The minimum atomic E-state index is -0.924. The lowest BCUT2D eigenvalue weighted by Gasteiger charge is -2.16. The smallest absolute Gasteiger partial charge is 0.308 e. The topological polar surface area (TPSA) is 145 Å². The van der Waals surface area contributed by atoms with Crippen molar-refractivity contribution in [1.29, 1.82) is 0 Å². The predicted molar refractivity (Wildman–Crippen MR) is 105 cm³/mol. The average Bonchev–Trinajstić information content (AvgIpc) is 3.01. The van der Waals surface area contributed by atoms with Crippen molar-refractivity contribution in [3.05, 3.63) is 41.6 Å². The van der Waals surface area contributed by atoms with Gasteiger partial charge in [-0.1, -0.05) is 12.1 Å². The van der Waals surface area contributed by atoms with E-state index >= 15 is 0 Å². The number of hydrogen-bond acceptors (Lipinski definition) is 7. The summed E-state index contributed by atoms with van der Waals surface area (Å²) in [4.78, 5) is 32.3. The molecule has 0 radical (unpaired) electrons. The second-order valence-corrected chi connectivity index (χ2v) is 6.40. The van der Waals surface area contributed by atoms with Gasteiger partial charge in [-0.3, -0.25) is 9.59 Å². The summed E-state index contributed by atoms with van der Waals surface area (Å²) in [6.07, 6.45) is 2.21. The summed E-state index contributed by atoms with van der Waals surface area (Å²) in [5.74, 6) is -0.612. The second-order valence-electron chi connectivity index (χ2n) is 6.40. The quantitative estimate of drug-likeness (QED) is 0.619. The summed E-state index contributed by atoms with van der Waals surface area (Å²) in [5, 5.41) is 9.04. The molecule has 9 nitrogen and oxygen atoms in total. The molecule has 1 fully saturated rings. The standard InChI is InChI=1S/C18H21N5O4.ClH/c19-16-13(8-21-18(20)22-16)10-27-14-3-1-2-11(6-14)4-5-23-9-12(17(25)26)7-15(23)24;/h1-3,6,8,12H,4-5,7,9-10H2,(H,25,26)(H4,19,20,21,22);1H. The maximum atomic E-state index is 11.9. The van der Waals surface area contributed by atoms with Crippen LogP contribution in [0.3, 0.4) is 0 Å². The van der Waals surface area contributed by atoms with Gasteiger partial charge in [-0.05, 0) is 24.1 Å². The molecule has 1 aliphatic rings. The zero-order valence-electron chi connectivity index (χ0n) is 15.1. The molecule has 5 N–H and O–H groups in total. The molecule has 10 heteroatoms. The summed E-state index contributed by atoms with van der Waals surface area (Å²) in [6, 6.07) is 7.49. The van der Waals surface area contributed by atoms with Gasteiger partial charge in [-0.25, -0.2) is 4.98 Å². The van der Waals surface area contributed by atoms with Crippen molar-refractivity contribution < 1.29 is 19.4 Å². The number of aromatic nitrogens is 2. The van der Waals surface area contributed by atoms with Gasteiger partial charge in [0.15, 0.2) is 0 Å². The van der Waals surface area contributed by atoms with E-state index in [-0.39, 0.29) is 49.7 Å². The lowest BCUT2D eigenvalue weighted by atomic mass is 10.1. The number of nitrogens with two attached hydrogens (primary N) is 2. The van der Waals surface area contributed by atoms with Gasteiger partial charge in [0.2, 0.25) is 11.9 Å². The number of benzene rings is 1. The van der Waals surface area contributed by atoms with Crippen LogP contribution in [0.1, 0.15) is 17.5 Å². The van der Waals surface area contributed by atoms with Crippen molar-refractivity contribution in [2.75, 3.05) is 24.6 Å². The number of amides is 1. The molecule has 2 heterocycles. The number of likely N-dealkylation sites (tertiary alicyclic amines) is 1. The van der Waals surface area contributed by atoms with Crippen molar-refractivity contribution in [3.8, 4) is 5.75 Å². The molecular formula is C18H22ClN5O4. The van der Waals surface area contributed by atoms with Crippen LogP contribution in [-0.4, -0.2) is 44.9 Å². The van der Waals surface area contributed by atoms with E-state index in [1.807, 2.05) is 24.3 Å². The molecule has 1 saturated heterocycles. The fourth-order valence-corrected chi connectivity index (χ4v) is 2.92. The van der Waals surface area contributed by atoms with E-state index in [4.69, 9.17) is 21.3 Å². The minimum Gasteiger partial charge on any atom is -0.489 e. The molecule has 0 spiro atoms. The first-order valence-corrected chi connectivity index (χ1v) is 8.51. The van der Waals surface area contributed by atoms with E-state index in [1.165, 1.54) is 6.20 Å². The first kappa shape index (κ1) is 21.2. The molecule has 1 unspecified atom stereocenters.